The van der Waals surface area contributed by atoms with Crippen molar-refractivity contribution >= 4 is 6.03 Å². The van der Waals surface area contributed by atoms with Gasteiger partial charge in [0.2, 0.25) is 0 Å². The number of carbonyl (C=O) groups excluding carboxylic acids is 1. The number of hydrogen-bond acceptors (Lipinski definition) is 4. The fourth-order valence-corrected chi connectivity index (χ4v) is 1.73. The molecule has 1 atom stereocenters. The lowest BCUT2D eigenvalue weighted by atomic mass is 10.1. The van der Waals surface area contributed by atoms with Crippen molar-refractivity contribution in [1.82, 2.24) is 10.0 Å². The van der Waals surface area contributed by atoms with Crippen LogP contribution in [0.4, 0.5) is 4.79 Å². The van der Waals surface area contributed by atoms with Crippen LogP contribution >= 0.6 is 0 Å². The number of nitrogens with zero attached hydrogens (tertiary/aromatic N) is 2. The third-order valence-corrected chi connectivity index (χ3v) is 2.92. The number of hydroxylamine groups is 2. The molecule has 0 aliphatic rings. The normalized spacial score (nSPS) is 11.2. The Kier molecular flexibility index (Phi) is 5.09. The summed E-state index contributed by atoms with van der Waals surface area (Å²) < 4.78 is 0. The van der Waals surface area contributed by atoms with Crippen molar-refractivity contribution in [3.05, 3.63) is 65.5 Å². The Bertz CT molecular complexity index is 690. The topological polar surface area (TPSA) is 99.7 Å². The summed E-state index contributed by atoms with van der Waals surface area (Å²) in [6.45, 7) is -0.0194. The van der Waals surface area contributed by atoms with Gasteiger partial charge in [-0.05, 0) is 23.3 Å². The Labute approximate surface area is 127 Å². The molecule has 2 rings (SSSR count). The Hall–Kier alpha value is -2.88. The fourth-order valence-electron chi connectivity index (χ4n) is 1.73. The van der Waals surface area contributed by atoms with Crippen LogP contribution in [0, 0.1) is 11.8 Å². The van der Waals surface area contributed by atoms with Crippen LogP contribution in [0.15, 0.2) is 48.8 Å². The summed E-state index contributed by atoms with van der Waals surface area (Å²) in [7, 11) is 0. The first-order valence-corrected chi connectivity index (χ1v) is 6.50. The summed E-state index contributed by atoms with van der Waals surface area (Å²) in [6, 6.07) is 9.29. The minimum absolute atomic E-state index is 0.0194. The molecule has 1 aromatic carbocycles. The lowest BCUT2D eigenvalue weighted by Crippen LogP contribution is -2.31. The number of carbonyl (C=O) groups is 1. The lowest BCUT2D eigenvalue weighted by molar-refractivity contribution is -0.0470. The maximum absolute atomic E-state index is 10.7. The first-order valence-electron chi connectivity index (χ1n) is 6.50. The van der Waals surface area contributed by atoms with Gasteiger partial charge in [-0.3, -0.25) is 10.2 Å². The highest BCUT2D eigenvalue weighted by molar-refractivity contribution is 5.70. The van der Waals surface area contributed by atoms with Crippen LogP contribution < -0.4 is 5.73 Å². The average molecular weight is 297 g/mol. The van der Waals surface area contributed by atoms with Crippen LogP contribution in [-0.2, 0) is 6.54 Å². The highest BCUT2D eigenvalue weighted by Gasteiger charge is 2.08. The van der Waals surface area contributed by atoms with Crippen molar-refractivity contribution in [2.75, 3.05) is 0 Å². The first kappa shape index (κ1) is 15.5. The van der Waals surface area contributed by atoms with E-state index >= 15 is 0 Å². The van der Waals surface area contributed by atoms with E-state index in [2.05, 4.69) is 16.8 Å². The molecule has 2 aromatic rings. The molecule has 1 aromatic heterocycles. The summed E-state index contributed by atoms with van der Waals surface area (Å²) >= 11 is 0. The van der Waals surface area contributed by atoms with Crippen LogP contribution in [-0.4, -0.2) is 26.4 Å². The van der Waals surface area contributed by atoms with E-state index in [-0.39, 0.29) is 6.54 Å². The third-order valence-electron chi connectivity index (χ3n) is 2.92. The molecule has 0 radical (unpaired) electrons. The van der Waals surface area contributed by atoms with E-state index in [1.165, 1.54) is 0 Å². The average Bonchev–Trinajstić information content (AvgIpc) is 2.54. The fraction of sp³-hybridized carbons (Fsp3) is 0.125. The Balaban J connectivity index is 2.04. The molecule has 0 bridgehead atoms. The number of aliphatic hydroxyl groups excluding tert-OH is 1. The van der Waals surface area contributed by atoms with Gasteiger partial charge in [0.15, 0.2) is 0 Å². The highest BCUT2D eigenvalue weighted by atomic mass is 16.5. The van der Waals surface area contributed by atoms with Gasteiger partial charge in [0.05, 0.1) is 6.54 Å². The first-order chi connectivity index (χ1) is 10.6. The number of aromatic nitrogens is 1. The molecule has 22 heavy (non-hydrogen) atoms. The molecular formula is C16H15N3O3. The maximum atomic E-state index is 10.7. The van der Waals surface area contributed by atoms with E-state index in [4.69, 9.17) is 5.73 Å². The van der Waals surface area contributed by atoms with E-state index in [9.17, 15) is 15.1 Å². The van der Waals surface area contributed by atoms with E-state index in [1.54, 1.807) is 48.8 Å². The number of urea groups is 1. The number of rotatable bonds is 3. The highest BCUT2D eigenvalue weighted by Crippen LogP contribution is 2.14. The second-order valence-electron chi connectivity index (χ2n) is 4.55. The summed E-state index contributed by atoms with van der Waals surface area (Å²) in [5.74, 6) is 5.59. The number of primary amides is 1. The van der Waals surface area contributed by atoms with E-state index in [1.807, 2.05) is 0 Å². The predicted molar refractivity (Wildman–Crippen MR) is 79.4 cm³/mol. The molecule has 112 valence electrons. The van der Waals surface area contributed by atoms with Crippen molar-refractivity contribution in [2.24, 2.45) is 5.73 Å². The Morgan fingerprint density at radius 3 is 2.45 bits per heavy atom. The van der Waals surface area contributed by atoms with Crippen molar-refractivity contribution in [3.8, 4) is 11.8 Å². The summed E-state index contributed by atoms with van der Waals surface area (Å²) in [6.07, 6.45) is 2.33. The monoisotopic (exact) mass is 297 g/mol. The van der Waals surface area contributed by atoms with Gasteiger partial charge < -0.3 is 10.8 Å². The zero-order valence-electron chi connectivity index (χ0n) is 11.7. The molecular weight excluding hydrogens is 282 g/mol. The van der Waals surface area contributed by atoms with Crippen molar-refractivity contribution < 1.29 is 15.1 Å². The molecule has 0 spiro atoms. The molecule has 0 aliphatic carbocycles. The van der Waals surface area contributed by atoms with Gasteiger partial charge in [0, 0.05) is 18.0 Å². The lowest BCUT2D eigenvalue weighted by Gasteiger charge is -2.12. The standard InChI is InChI=1S/C16H15N3O3/c17-16(21)19(22)11-13-1-4-14(5-2-13)15(20)6-3-12-7-9-18-10-8-12/h1-2,4-5,7-10,15,20,22H,11H2,(H2,17,21). The van der Waals surface area contributed by atoms with Crippen LogP contribution in [0.3, 0.4) is 0 Å². The zero-order chi connectivity index (χ0) is 15.9. The van der Waals surface area contributed by atoms with Gasteiger partial charge in [-0.15, -0.1) is 0 Å². The maximum Gasteiger partial charge on any atom is 0.338 e. The molecule has 4 N–H and O–H groups in total. The van der Waals surface area contributed by atoms with Crippen LogP contribution in [0.5, 0.6) is 0 Å². The van der Waals surface area contributed by atoms with Crippen molar-refractivity contribution in [1.29, 1.82) is 0 Å². The number of benzene rings is 1. The van der Waals surface area contributed by atoms with Gasteiger partial charge in [0.25, 0.3) is 0 Å². The molecule has 1 unspecified atom stereocenters. The second kappa shape index (κ2) is 7.22. The minimum Gasteiger partial charge on any atom is -0.376 e. The third kappa shape index (κ3) is 4.31. The SMILES string of the molecule is NC(=O)N(O)Cc1ccc(C(O)C#Cc2ccncc2)cc1. The van der Waals surface area contributed by atoms with E-state index < -0.39 is 12.1 Å². The molecule has 0 saturated carbocycles. The molecule has 0 aliphatic heterocycles. The quantitative estimate of drug-likeness (QED) is 0.453. The van der Waals surface area contributed by atoms with Crippen LogP contribution in [0.2, 0.25) is 0 Å². The van der Waals surface area contributed by atoms with E-state index in [0.29, 0.717) is 16.2 Å². The van der Waals surface area contributed by atoms with Gasteiger partial charge >= 0.3 is 6.03 Å². The zero-order valence-corrected chi connectivity index (χ0v) is 11.7. The van der Waals surface area contributed by atoms with Crippen molar-refractivity contribution in [3.63, 3.8) is 0 Å². The Morgan fingerprint density at radius 2 is 1.86 bits per heavy atom. The molecule has 0 fully saturated rings. The van der Waals surface area contributed by atoms with Gasteiger partial charge in [-0.25, -0.2) is 9.86 Å². The van der Waals surface area contributed by atoms with Gasteiger partial charge in [-0.1, -0.05) is 36.1 Å². The molecule has 1 heterocycles. The smallest absolute Gasteiger partial charge is 0.338 e. The number of amides is 2. The van der Waals surface area contributed by atoms with Gasteiger partial charge in [0.1, 0.15) is 6.10 Å². The molecule has 6 nitrogen and oxygen atoms in total. The summed E-state index contributed by atoms with van der Waals surface area (Å²) in [4.78, 5) is 14.6. The second-order valence-corrected chi connectivity index (χ2v) is 4.55. The molecule has 6 heteroatoms. The number of hydrogen-bond donors (Lipinski definition) is 3. The molecule has 2 amide bonds. The summed E-state index contributed by atoms with van der Waals surface area (Å²) in [5.41, 5.74) is 7.00. The number of pyridine rings is 1. The minimum atomic E-state index is -0.927. The summed E-state index contributed by atoms with van der Waals surface area (Å²) in [5, 5.41) is 19.7. The van der Waals surface area contributed by atoms with Crippen molar-refractivity contribution in [2.45, 2.75) is 12.6 Å². The van der Waals surface area contributed by atoms with Crippen LogP contribution in [0.25, 0.3) is 0 Å². The van der Waals surface area contributed by atoms with E-state index in [0.717, 1.165) is 5.56 Å². The number of aliphatic hydroxyl groups is 1. The van der Waals surface area contributed by atoms with Crippen LogP contribution in [0.1, 0.15) is 22.8 Å². The number of nitrogens with two attached hydrogens (primary N) is 1. The van der Waals surface area contributed by atoms with Gasteiger partial charge in [-0.2, -0.15) is 0 Å². The molecule has 0 saturated heterocycles. The Morgan fingerprint density at radius 1 is 1.23 bits per heavy atom. The largest absolute Gasteiger partial charge is 0.376 e. The predicted octanol–water partition coefficient (Wildman–Crippen LogP) is 1.44.